The highest BCUT2D eigenvalue weighted by Gasteiger charge is 2.43. The van der Waals surface area contributed by atoms with E-state index in [0.29, 0.717) is 13.2 Å². The number of rotatable bonds is 6. The van der Waals surface area contributed by atoms with Gasteiger partial charge in [-0.1, -0.05) is 25.0 Å². The Labute approximate surface area is 171 Å². The maximum absolute atomic E-state index is 13.5. The molecule has 28 heavy (non-hydrogen) atoms. The lowest BCUT2D eigenvalue weighted by Gasteiger charge is -2.38. The van der Waals surface area contributed by atoms with Crippen molar-refractivity contribution in [2.24, 2.45) is 0 Å². The smallest absolute Gasteiger partial charge is 0.230 e. The van der Waals surface area contributed by atoms with E-state index in [9.17, 15) is 4.79 Å². The van der Waals surface area contributed by atoms with Crippen LogP contribution < -0.4 is 10.1 Å². The topological polar surface area (TPSA) is 47.6 Å². The minimum atomic E-state index is -0.515. The lowest BCUT2D eigenvalue weighted by molar-refractivity contribution is -0.130. The number of amides is 1. The summed E-state index contributed by atoms with van der Waals surface area (Å²) in [5.41, 5.74) is 2.03. The first-order chi connectivity index (χ1) is 13.7. The number of ether oxygens (including phenoxy) is 2. The van der Waals surface area contributed by atoms with Gasteiger partial charge in [0.1, 0.15) is 5.75 Å². The molecule has 0 bridgehead atoms. The van der Waals surface area contributed by atoms with Crippen LogP contribution in [0.15, 0.2) is 41.1 Å². The van der Waals surface area contributed by atoms with Gasteiger partial charge in [0, 0.05) is 25.2 Å². The van der Waals surface area contributed by atoms with Crippen molar-refractivity contribution in [3.8, 4) is 5.75 Å². The molecule has 4 rings (SSSR count). The molecule has 0 radical (unpaired) electrons. The van der Waals surface area contributed by atoms with E-state index in [0.717, 1.165) is 43.5 Å². The monoisotopic (exact) mass is 399 g/mol. The van der Waals surface area contributed by atoms with Crippen molar-refractivity contribution in [2.75, 3.05) is 26.9 Å². The zero-order valence-corrected chi connectivity index (χ0v) is 17.4. The van der Waals surface area contributed by atoms with E-state index in [-0.39, 0.29) is 11.3 Å². The predicted octanol–water partition coefficient (Wildman–Crippen LogP) is 4.43. The summed E-state index contributed by atoms with van der Waals surface area (Å²) in [6, 6.07) is 10.2. The van der Waals surface area contributed by atoms with E-state index in [1.54, 1.807) is 18.4 Å². The van der Waals surface area contributed by atoms with Crippen molar-refractivity contribution < 1.29 is 14.3 Å². The Morgan fingerprint density at radius 2 is 1.79 bits per heavy atom. The molecule has 2 aromatic rings. The summed E-state index contributed by atoms with van der Waals surface area (Å²) >= 11 is 1.75. The summed E-state index contributed by atoms with van der Waals surface area (Å²) in [7, 11) is 1.66. The molecule has 0 spiro atoms. The molecule has 1 N–H and O–H groups in total. The van der Waals surface area contributed by atoms with Gasteiger partial charge in [-0.3, -0.25) is 4.79 Å². The van der Waals surface area contributed by atoms with Crippen molar-refractivity contribution in [3.63, 3.8) is 0 Å². The fraction of sp³-hybridized carbons (Fsp3) is 0.522. The fourth-order valence-electron chi connectivity index (χ4n) is 4.88. The van der Waals surface area contributed by atoms with Gasteiger partial charge >= 0.3 is 0 Å². The van der Waals surface area contributed by atoms with E-state index < -0.39 is 5.41 Å². The summed E-state index contributed by atoms with van der Waals surface area (Å²) in [5.74, 6) is 0.955. The first-order valence-electron chi connectivity index (χ1n) is 10.2. The molecule has 1 aliphatic carbocycles. The highest BCUT2D eigenvalue weighted by molar-refractivity contribution is 7.08. The molecule has 1 saturated carbocycles. The SMILES string of the molecule is COc1ccc(C2(C(=O)NCC3(c4ccsc4)CCCC3)CCOCC2)cc1. The number of carbonyl (C=O) groups is 1. The molecule has 0 atom stereocenters. The number of methoxy groups -OCH3 is 1. The molecule has 2 heterocycles. The van der Waals surface area contributed by atoms with Crippen LogP contribution in [0, 0.1) is 0 Å². The Bertz CT molecular complexity index is 773. The summed E-state index contributed by atoms with van der Waals surface area (Å²) in [5, 5.41) is 7.77. The highest BCUT2D eigenvalue weighted by Crippen LogP contribution is 2.42. The summed E-state index contributed by atoms with van der Waals surface area (Å²) in [6.45, 7) is 1.96. The van der Waals surface area contributed by atoms with Gasteiger partial charge in [0.05, 0.1) is 12.5 Å². The molecule has 150 valence electrons. The zero-order valence-electron chi connectivity index (χ0n) is 16.5. The number of hydrogen-bond donors (Lipinski definition) is 1. The first-order valence-corrected chi connectivity index (χ1v) is 11.2. The molecular formula is C23H29NO3S. The summed E-state index contributed by atoms with van der Waals surface area (Å²) in [4.78, 5) is 13.5. The van der Waals surface area contributed by atoms with Crippen LogP contribution in [0.1, 0.15) is 49.7 Å². The van der Waals surface area contributed by atoms with Crippen molar-refractivity contribution >= 4 is 17.2 Å². The molecule has 1 aliphatic heterocycles. The fourth-order valence-corrected chi connectivity index (χ4v) is 5.66. The lowest BCUT2D eigenvalue weighted by Crippen LogP contribution is -2.51. The Morgan fingerprint density at radius 1 is 1.07 bits per heavy atom. The molecule has 1 amide bonds. The average Bonchev–Trinajstić information content (AvgIpc) is 3.45. The minimum absolute atomic E-state index is 0.0991. The second-order valence-corrected chi connectivity index (χ2v) is 8.89. The van der Waals surface area contributed by atoms with Crippen molar-refractivity contribution in [2.45, 2.75) is 49.4 Å². The van der Waals surface area contributed by atoms with Crippen LogP contribution in [0.5, 0.6) is 5.75 Å². The van der Waals surface area contributed by atoms with Crippen LogP contribution in [0.2, 0.25) is 0 Å². The third-order valence-corrected chi connectivity index (χ3v) is 7.39. The van der Waals surface area contributed by atoms with E-state index in [1.165, 1.54) is 18.4 Å². The van der Waals surface area contributed by atoms with Gasteiger partial charge in [0.15, 0.2) is 0 Å². The van der Waals surface area contributed by atoms with Gasteiger partial charge in [0.25, 0.3) is 0 Å². The molecule has 1 aromatic heterocycles. The maximum Gasteiger partial charge on any atom is 0.230 e. The van der Waals surface area contributed by atoms with Gasteiger partial charge in [-0.25, -0.2) is 0 Å². The van der Waals surface area contributed by atoms with E-state index in [2.05, 4.69) is 22.1 Å². The molecule has 2 fully saturated rings. The second kappa shape index (κ2) is 8.26. The average molecular weight is 400 g/mol. The zero-order chi connectivity index (χ0) is 19.5. The molecule has 1 saturated heterocycles. The van der Waals surface area contributed by atoms with Gasteiger partial charge in [-0.05, 0) is 65.8 Å². The maximum atomic E-state index is 13.5. The van der Waals surface area contributed by atoms with Gasteiger partial charge in [-0.2, -0.15) is 11.3 Å². The van der Waals surface area contributed by atoms with Gasteiger partial charge in [0.2, 0.25) is 5.91 Å². The molecule has 5 heteroatoms. The van der Waals surface area contributed by atoms with Crippen molar-refractivity contribution in [1.82, 2.24) is 5.32 Å². The van der Waals surface area contributed by atoms with Crippen LogP contribution in [-0.4, -0.2) is 32.8 Å². The van der Waals surface area contributed by atoms with Crippen molar-refractivity contribution in [3.05, 3.63) is 52.2 Å². The van der Waals surface area contributed by atoms with E-state index in [1.807, 2.05) is 24.3 Å². The normalized spacial score (nSPS) is 20.6. The van der Waals surface area contributed by atoms with E-state index >= 15 is 0 Å². The number of nitrogens with one attached hydrogen (secondary N) is 1. The number of benzene rings is 1. The second-order valence-electron chi connectivity index (χ2n) is 8.11. The molecule has 2 aliphatic rings. The van der Waals surface area contributed by atoms with Gasteiger partial charge < -0.3 is 14.8 Å². The molecular weight excluding hydrogens is 370 g/mol. The van der Waals surface area contributed by atoms with Crippen LogP contribution in [0.4, 0.5) is 0 Å². The third kappa shape index (κ3) is 3.58. The Morgan fingerprint density at radius 3 is 2.39 bits per heavy atom. The minimum Gasteiger partial charge on any atom is -0.497 e. The van der Waals surface area contributed by atoms with Crippen LogP contribution in [-0.2, 0) is 20.4 Å². The highest BCUT2D eigenvalue weighted by atomic mass is 32.1. The van der Waals surface area contributed by atoms with Gasteiger partial charge in [-0.15, -0.1) is 0 Å². The summed E-state index contributed by atoms with van der Waals surface area (Å²) in [6.07, 6.45) is 6.23. The van der Waals surface area contributed by atoms with Crippen LogP contribution in [0.25, 0.3) is 0 Å². The molecule has 0 unspecified atom stereocenters. The summed E-state index contributed by atoms with van der Waals surface area (Å²) < 4.78 is 10.9. The quantitative estimate of drug-likeness (QED) is 0.781. The Balaban J connectivity index is 1.56. The molecule has 4 nitrogen and oxygen atoms in total. The predicted molar refractivity (Wildman–Crippen MR) is 112 cm³/mol. The Hall–Kier alpha value is -1.85. The standard InChI is InChI=1S/C23H29NO3S/c1-26-20-6-4-18(5-7-20)23(11-13-27-14-12-23)21(25)24-17-22(9-2-3-10-22)19-8-15-28-16-19/h4-8,15-16H,2-3,9-14,17H2,1H3,(H,24,25). The Kier molecular flexibility index (Phi) is 5.74. The van der Waals surface area contributed by atoms with Crippen molar-refractivity contribution in [1.29, 1.82) is 0 Å². The first kappa shape index (κ1) is 19.5. The molecule has 1 aromatic carbocycles. The number of carbonyl (C=O) groups excluding carboxylic acids is 1. The lowest BCUT2D eigenvalue weighted by atomic mass is 9.72. The number of thiophene rings is 1. The largest absolute Gasteiger partial charge is 0.497 e. The van der Waals surface area contributed by atoms with E-state index in [4.69, 9.17) is 9.47 Å². The van der Waals surface area contributed by atoms with Crippen LogP contribution >= 0.6 is 11.3 Å². The number of hydrogen-bond acceptors (Lipinski definition) is 4. The third-order valence-electron chi connectivity index (χ3n) is 6.71. The van der Waals surface area contributed by atoms with Crippen LogP contribution in [0.3, 0.4) is 0 Å².